The van der Waals surface area contributed by atoms with Crippen LogP contribution in [-0.2, 0) is 6.42 Å². The molecule has 1 N–H and O–H groups in total. The van der Waals surface area contributed by atoms with E-state index in [9.17, 15) is 4.79 Å². The third-order valence-electron chi connectivity index (χ3n) is 4.56. The van der Waals surface area contributed by atoms with Crippen molar-refractivity contribution in [2.24, 2.45) is 0 Å². The van der Waals surface area contributed by atoms with E-state index in [2.05, 4.69) is 21.4 Å². The Hall–Kier alpha value is -2.79. The van der Waals surface area contributed by atoms with Crippen LogP contribution < -0.4 is 5.32 Å². The third-order valence-corrected chi connectivity index (χ3v) is 4.56. The van der Waals surface area contributed by atoms with Crippen LogP contribution in [0.1, 0.15) is 28.9 Å². The summed E-state index contributed by atoms with van der Waals surface area (Å²) in [5, 5.41) is 3.32. The van der Waals surface area contributed by atoms with Crippen molar-refractivity contribution in [3.8, 4) is 0 Å². The highest BCUT2D eigenvalue weighted by atomic mass is 16.2. The monoisotopic (exact) mass is 332 g/mol. The molecule has 0 unspecified atom stereocenters. The molecule has 3 aromatic rings. The first-order valence-corrected chi connectivity index (χ1v) is 8.62. The number of rotatable bonds is 4. The lowest BCUT2D eigenvalue weighted by Gasteiger charge is -2.12. The molecular weight excluding hydrogens is 312 g/mol. The standard InChI is InChI=1S/C20H20N4O/c25-19(7-6-16-4-1-2-10-22-16)24-14-17(15-8-12-21-13-9-15)20-18(24)5-3-11-23-20/h1-5,8,10-11,14,21H,6-7,9,12-13H2. The van der Waals surface area contributed by atoms with Crippen LogP contribution in [0.15, 0.2) is 55.0 Å². The Balaban J connectivity index is 1.65. The first-order chi connectivity index (χ1) is 12.3. The van der Waals surface area contributed by atoms with E-state index in [1.165, 1.54) is 5.57 Å². The molecular formula is C20H20N4O. The maximum atomic E-state index is 12.8. The average molecular weight is 332 g/mol. The lowest BCUT2D eigenvalue weighted by atomic mass is 10.0. The summed E-state index contributed by atoms with van der Waals surface area (Å²) in [6, 6.07) is 9.63. The predicted molar refractivity (Wildman–Crippen MR) is 98.4 cm³/mol. The zero-order chi connectivity index (χ0) is 17.1. The molecule has 1 aliphatic rings. The molecule has 5 nitrogen and oxygen atoms in total. The van der Waals surface area contributed by atoms with Gasteiger partial charge in [0.15, 0.2) is 0 Å². The van der Waals surface area contributed by atoms with Crippen LogP contribution in [0.25, 0.3) is 16.6 Å². The molecule has 4 rings (SSSR count). The number of nitrogens with zero attached hydrogens (tertiary/aromatic N) is 3. The molecule has 1 aliphatic heterocycles. The minimum Gasteiger partial charge on any atom is -0.313 e. The summed E-state index contributed by atoms with van der Waals surface area (Å²) < 4.78 is 1.75. The van der Waals surface area contributed by atoms with Gasteiger partial charge in [-0.1, -0.05) is 12.1 Å². The number of aryl methyl sites for hydroxylation is 1. The van der Waals surface area contributed by atoms with Crippen molar-refractivity contribution >= 4 is 22.5 Å². The van der Waals surface area contributed by atoms with E-state index in [-0.39, 0.29) is 5.91 Å². The molecule has 0 bridgehead atoms. The molecule has 0 radical (unpaired) electrons. The van der Waals surface area contributed by atoms with Gasteiger partial charge in [-0.15, -0.1) is 0 Å². The fourth-order valence-corrected chi connectivity index (χ4v) is 3.27. The Kier molecular flexibility index (Phi) is 4.39. The van der Waals surface area contributed by atoms with Crippen molar-refractivity contribution in [3.63, 3.8) is 0 Å². The zero-order valence-electron chi connectivity index (χ0n) is 14.0. The van der Waals surface area contributed by atoms with Gasteiger partial charge in [0, 0.05) is 42.8 Å². The van der Waals surface area contributed by atoms with Gasteiger partial charge in [-0.2, -0.15) is 0 Å². The quantitative estimate of drug-likeness (QED) is 0.797. The Morgan fingerprint density at radius 1 is 1.16 bits per heavy atom. The Morgan fingerprint density at radius 3 is 2.88 bits per heavy atom. The lowest BCUT2D eigenvalue weighted by molar-refractivity contribution is 0.0908. The fraction of sp³-hybridized carbons (Fsp3) is 0.250. The smallest absolute Gasteiger partial charge is 0.231 e. The van der Waals surface area contributed by atoms with Gasteiger partial charge in [0.1, 0.15) is 0 Å². The van der Waals surface area contributed by atoms with Crippen LogP contribution in [0.4, 0.5) is 0 Å². The molecule has 0 spiro atoms. The van der Waals surface area contributed by atoms with Crippen LogP contribution in [0.2, 0.25) is 0 Å². The summed E-state index contributed by atoms with van der Waals surface area (Å²) in [5.74, 6) is 0.0736. The van der Waals surface area contributed by atoms with Crippen molar-refractivity contribution in [2.45, 2.75) is 19.3 Å². The number of fused-ring (bicyclic) bond motifs is 1. The van der Waals surface area contributed by atoms with E-state index >= 15 is 0 Å². The van der Waals surface area contributed by atoms with Crippen LogP contribution in [-0.4, -0.2) is 33.5 Å². The van der Waals surface area contributed by atoms with E-state index in [0.717, 1.165) is 41.8 Å². The Morgan fingerprint density at radius 2 is 2.08 bits per heavy atom. The van der Waals surface area contributed by atoms with Crippen LogP contribution in [0.5, 0.6) is 0 Å². The van der Waals surface area contributed by atoms with Gasteiger partial charge in [-0.25, -0.2) is 0 Å². The second kappa shape index (κ2) is 6.99. The zero-order valence-corrected chi connectivity index (χ0v) is 14.0. The van der Waals surface area contributed by atoms with Gasteiger partial charge >= 0.3 is 0 Å². The van der Waals surface area contributed by atoms with Gasteiger partial charge in [-0.3, -0.25) is 19.3 Å². The summed E-state index contributed by atoms with van der Waals surface area (Å²) in [7, 11) is 0. The summed E-state index contributed by atoms with van der Waals surface area (Å²) in [4.78, 5) is 21.6. The SMILES string of the molecule is O=C(CCc1ccccn1)n1cc(C2=CCNCC2)c2ncccc21. The summed E-state index contributed by atoms with van der Waals surface area (Å²) in [6.07, 6.45) is 9.72. The average Bonchev–Trinajstić information content (AvgIpc) is 3.07. The van der Waals surface area contributed by atoms with Crippen molar-refractivity contribution in [1.29, 1.82) is 0 Å². The molecule has 0 aliphatic carbocycles. The molecule has 0 amide bonds. The molecule has 0 fully saturated rings. The molecule has 0 atom stereocenters. The number of carbonyl (C=O) groups excluding carboxylic acids is 1. The molecule has 126 valence electrons. The number of carbonyl (C=O) groups is 1. The first kappa shape index (κ1) is 15.7. The first-order valence-electron chi connectivity index (χ1n) is 8.62. The number of hydrogen-bond donors (Lipinski definition) is 1. The summed E-state index contributed by atoms with van der Waals surface area (Å²) in [6.45, 7) is 1.82. The minimum atomic E-state index is 0.0736. The van der Waals surface area contributed by atoms with Crippen molar-refractivity contribution < 1.29 is 4.79 Å². The number of hydrogen-bond acceptors (Lipinski definition) is 4. The van der Waals surface area contributed by atoms with E-state index in [1.807, 2.05) is 36.5 Å². The minimum absolute atomic E-state index is 0.0736. The second-order valence-corrected chi connectivity index (χ2v) is 6.18. The number of aromatic nitrogens is 3. The highest BCUT2D eigenvalue weighted by molar-refractivity contribution is 5.97. The fourth-order valence-electron chi connectivity index (χ4n) is 3.27. The second-order valence-electron chi connectivity index (χ2n) is 6.18. The molecule has 0 saturated carbocycles. The van der Waals surface area contributed by atoms with Gasteiger partial charge in [0.25, 0.3) is 0 Å². The molecule has 25 heavy (non-hydrogen) atoms. The van der Waals surface area contributed by atoms with Crippen LogP contribution in [0.3, 0.4) is 0 Å². The van der Waals surface area contributed by atoms with E-state index in [1.54, 1.807) is 17.0 Å². The van der Waals surface area contributed by atoms with Gasteiger partial charge < -0.3 is 5.32 Å². The predicted octanol–water partition coefficient (Wildman–Crippen LogP) is 3.08. The summed E-state index contributed by atoms with van der Waals surface area (Å²) in [5.41, 5.74) is 5.05. The number of pyridine rings is 2. The molecule has 4 heterocycles. The van der Waals surface area contributed by atoms with Crippen LogP contribution in [0, 0.1) is 0 Å². The summed E-state index contributed by atoms with van der Waals surface area (Å²) >= 11 is 0. The van der Waals surface area contributed by atoms with Crippen molar-refractivity contribution in [3.05, 3.63) is 66.3 Å². The Labute approximate surface area is 146 Å². The topological polar surface area (TPSA) is 59.8 Å². The normalized spacial score (nSPS) is 14.5. The van der Waals surface area contributed by atoms with E-state index < -0.39 is 0 Å². The van der Waals surface area contributed by atoms with Gasteiger partial charge in [0.05, 0.1) is 11.0 Å². The molecule has 0 saturated heterocycles. The molecule has 3 aromatic heterocycles. The Bertz CT molecular complexity index is 927. The largest absolute Gasteiger partial charge is 0.313 e. The maximum Gasteiger partial charge on any atom is 0.231 e. The third kappa shape index (κ3) is 3.23. The highest BCUT2D eigenvalue weighted by Gasteiger charge is 2.18. The lowest BCUT2D eigenvalue weighted by Crippen LogP contribution is -2.20. The molecule has 5 heteroatoms. The van der Waals surface area contributed by atoms with Crippen molar-refractivity contribution in [1.82, 2.24) is 19.9 Å². The van der Waals surface area contributed by atoms with Crippen LogP contribution >= 0.6 is 0 Å². The highest BCUT2D eigenvalue weighted by Crippen LogP contribution is 2.28. The van der Waals surface area contributed by atoms with Gasteiger partial charge in [-0.05, 0) is 49.2 Å². The maximum absolute atomic E-state index is 12.8. The van der Waals surface area contributed by atoms with E-state index in [0.29, 0.717) is 12.8 Å². The molecule has 0 aromatic carbocycles. The van der Waals surface area contributed by atoms with E-state index in [4.69, 9.17) is 0 Å². The van der Waals surface area contributed by atoms with Crippen molar-refractivity contribution in [2.75, 3.05) is 13.1 Å². The van der Waals surface area contributed by atoms with Gasteiger partial charge in [0.2, 0.25) is 5.91 Å². The number of nitrogens with one attached hydrogen (secondary N) is 1.